The van der Waals surface area contributed by atoms with Gasteiger partial charge in [0.15, 0.2) is 0 Å². The van der Waals surface area contributed by atoms with Crippen LogP contribution >= 0.6 is 23.2 Å². The van der Waals surface area contributed by atoms with E-state index in [0.717, 1.165) is 6.07 Å². The third-order valence-electron chi connectivity index (χ3n) is 2.09. The molecule has 6 heteroatoms. The van der Waals surface area contributed by atoms with Crippen molar-refractivity contribution in [1.82, 2.24) is 4.98 Å². The Balaban J connectivity index is 3.01. The average Bonchev–Trinajstić information content (AvgIpc) is 2.14. The van der Waals surface area contributed by atoms with Gasteiger partial charge in [0.2, 0.25) is 5.56 Å². The zero-order valence-electron chi connectivity index (χ0n) is 7.75. The highest BCUT2D eigenvalue weighted by Gasteiger charge is 2.13. The molecule has 2 N–H and O–H groups in total. The number of H-pyrrole nitrogens is 1. The monoisotopic (exact) mass is 257 g/mol. The van der Waals surface area contributed by atoms with E-state index in [1.807, 2.05) is 0 Å². The molecule has 1 heterocycles. The van der Waals surface area contributed by atoms with Gasteiger partial charge >= 0.3 is 5.97 Å². The summed E-state index contributed by atoms with van der Waals surface area (Å²) < 4.78 is 0. The molecule has 0 spiro atoms. The molecule has 0 saturated heterocycles. The second kappa shape index (κ2) is 3.81. The molecule has 2 aromatic rings. The Morgan fingerprint density at radius 3 is 2.56 bits per heavy atom. The SMILES string of the molecule is O=C(O)c1cc(=O)[nH]c2cc(Cl)cc(Cl)c12. The molecule has 82 valence electrons. The van der Waals surface area contributed by atoms with E-state index in [-0.39, 0.29) is 16.0 Å². The normalized spacial score (nSPS) is 10.6. The van der Waals surface area contributed by atoms with Gasteiger partial charge in [0.1, 0.15) is 0 Å². The molecule has 0 fully saturated rings. The zero-order chi connectivity index (χ0) is 11.9. The second-order valence-electron chi connectivity index (χ2n) is 3.16. The minimum Gasteiger partial charge on any atom is -0.478 e. The number of nitrogens with one attached hydrogen (secondary N) is 1. The van der Waals surface area contributed by atoms with E-state index < -0.39 is 11.5 Å². The first-order chi connectivity index (χ1) is 7.49. The summed E-state index contributed by atoms with van der Waals surface area (Å²) in [5, 5.41) is 9.75. The molecule has 4 nitrogen and oxygen atoms in total. The molecule has 0 amide bonds. The molecule has 16 heavy (non-hydrogen) atoms. The first-order valence-electron chi connectivity index (χ1n) is 4.24. The van der Waals surface area contributed by atoms with Gasteiger partial charge in [-0.2, -0.15) is 0 Å². The van der Waals surface area contributed by atoms with Crippen LogP contribution in [0.3, 0.4) is 0 Å². The van der Waals surface area contributed by atoms with Crippen molar-refractivity contribution in [1.29, 1.82) is 0 Å². The van der Waals surface area contributed by atoms with Crippen molar-refractivity contribution >= 4 is 40.1 Å². The van der Waals surface area contributed by atoms with E-state index in [2.05, 4.69) is 4.98 Å². The fraction of sp³-hybridized carbons (Fsp3) is 0. The van der Waals surface area contributed by atoms with Crippen molar-refractivity contribution in [2.24, 2.45) is 0 Å². The van der Waals surface area contributed by atoms with Crippen LogP contribution in [-0.2, 0) is 0 Å². The standard InChI is InChI=1S/C10H5Cl2NO3/c11-4-1-6(12)9-5(10(15)16)3-8(14)13-7(9)2-4/h1-3H,(H,13,14)(H,15,16). The van der Waals surface area contributed by atoms with Crippen molar-refractivity contribution in [3.8, 4) is 0 Å². The number of carbonyl (C=O) groups is 1. The van der Waals surface area contributed by atoms with Gasteiger partial charge in [0, 0.05) is 16.5 Å². The van der Waals surface area contributed by atoms with E-state index in [0.29, 0.717) is 10.5 Å². The summed E-state index contributed by atoms with van der Waals surface area (Å²) >= 11 is 11.6. The summed E-state index contributed by atoms with van der Waals surface area (Å²) in [4.78, 5) is 24.7. The van der Waals surface area contributed by atoms with Crippen LogP contribution in [-0.4, -0.2) is 16.1 Å². The third kappa shape index (κ3) is 1.77. The van der Waals surface area contributed by atoms with E-state index >= 15 is 0 Å². The van der Waals surface area contributed by atoms with Crippen LogP contribution in [0.4, 0.5) is 0 Å². The molecular weight excluding hydrogens is 253 g/mol. The van der Waals surface area contributed by atoms with Crippen LogP contribution in [0.25, 0.3) is 10.9 Å². The van der Waals surface area contributed by atoms with Gasteiger partial charge in [-0.25, -0.2) is 4.79 Å². The Kier molecular flexibility index (Phi) is 2.61. The maximum Gasteiger partial charge on any atom is 0.336 e. The fourth-order valence-corrected chi connectivity index (χ4v) is 2.08. The number of carboxylic acid groups (broad SMARTS) is 1. The number of hydrogen-bond donors (Lipinski definition) is 2. The highest BCUT2D eigenvalue weighted by Crippen LogP contribution is 2.28. The predicted octanol–water partition coefficient (Wildman–Crippen LogP) is 2.53. The maximum atomic E-state index is 11.2. The lowest BCUT2D eigenvalue weighted by Gasteiger charge is -2.04. The summed E-state index contributed by atoms with van der Waals surface area (Å²) in [5.74, 6) is -1.21. The molecule has 2 rings (SSSR count). The highest BCUT2D eigenvalue weighted by atomic mass is 35.5. The Morgan fingerprint density at radius 2 is 1.94 bits per heavy atom. The van der Waals surface area contributed by atoms with Crippen LogP contribution in [0.15, 0.2) is 23.0 Å². The summed E-state index contributed by atoms with van der Waals surface area (Å²) in [5.41, 5.74) is -0.342. The molecule has 0 saturated carbocycles. The lowest BCUT2D eigenvalue weighted by atomic mass is 10.1. The quantitative estimate of drug-likeness (QED) is 0.825. The van der Waals surface area contributed by atoms with Gasteiger partial charge < -0.3 is 10.1 Å². The Bertz CT molecular complexity index is 648. The molecular formula is C10H5Cl2NO3. The molecule has 1 aromatic heterocycles. The van der Waals surface area contributed by atoms with Crippen molar-refractivity contribution in [3.05, 3.63) is 44.2 Å². The van der Waals surface area contributed by atoms with Gasteiger partial charge in [-0.3, -0.25) is 4.79 Å². The molecule has 0 atom stereocenters. The minimum atomic E-state index is -1.21. The minimum absolute atomic E-state index is 0.139. The summed E-state index contributed by atoms with van der Waals surface area (Å²) in [6, 6.07) is 3.87. The number of hydrogen-bond acceptors (Lipinski definition) is 2. The number of aromatic carboxylic acids is 1. The number of pyridine rings is 1. The van der Waals surface area contributed by atoms with Crippen LogP contribution in [0, 0.1) is 0 Å². The van der Waals surface area contributed by atoms with E-state index in [1.165, 1.54) is 12.1 Å². The van der Waals surface area contributed by atoms with Gasteiger partial charge in [-0.05, 0) is 12.1 Å². The molecule has 0 unspecified atom stereocenters. The fourth-order valence-electron chi connectivity index (χ4n) is 1.49. The smallest absolute Gasteiger partial charge is 0.336 e. The van der Waals surface area contributed by atoms with E-state index in [4.69, 9.17) is 28.3 Å². The van der Waals surface area contributed by atoms with E-state index in [9.17, 15) is 9.59 Å². The van der Waals surface area contributed by atoms with Crippen LogP contribution in [0.1, 0.15) is 10.4 Å². The van der Waals surface area contributed by atoms with Crippen molar-refractivity contribution in [2.75, 3.05) is 0 Å². The molecule has 1 aromatic carbocycles. The van der Waals surface area contributed by atoms with E-state index in [1.54, 1.807) is 0 Å². The molecule has 0 radical (unpaired) electrons. The van der Waals surface area contributed by atoms with Crippen molar-refractivity contribution in [2.45, 2.75) is 0 Å². The molecule has 0 aliphatic heterocycles. The molecule has 0 bridgehead atoms. The number of benzene rings is 1. The second-order valence-corrected chi connectivity index (χ2v) is 4.01. The van der Waals surface area contributed by atoms with Gasteiger partial charge in [-0.1, -0.05) is 23.2 Å². The van der Waals surface area contributed by atoms with Gasteiger partial charge in [0.25, 0.3) is 0 Å². The van der Waals surface area contributed by atoms with Gasteiger partial charge in [0.05, 0.1) is 16.1 Å². The number of carboxylic acids is 1. The third-order valence-corrected chi connectivity index (χ3v) is 2.60. The lowest BCUT2D eigenvalue weighted by molar-refractivity contribution is 0.0699. The molecule has 0 aliphatic carbocycles. The van der Waals surface area contributed by atoms with Crippen LogP contribution in [0.5, 0.6) is 0 Å². The Hall–Kier alpha value is -1.52. The maximum absolute atomic E-state index is 11.2. The Labute approximate surface area is 99.4 Å². The number of halogens is 2. The summed E-state index contributed by atoms with van der Waals surface area (Å²) in [6.07, 6.45) is 0. The topological polar surface area (TPSA) is 70.2 Å². The summed E-state index contributed by atoms with van der Waals surface area (Å²) in [7, 11) is 0. The molecule has 0 aliphatic rings. The van der Waals surface area contributed by atoms with Crippen molar-refractivity contribution < 1.29 is 9.90 Å². The number of fused-ring (bicyclic) bond motifs is 1. The van der Waals surface area contributed by atoms with Gasteiger partial charge in [-0.15, -0.1) is 0 Å². The number of aromatic amines is 1. The highest BCUT2D eigenvalue weighted by molar-refractivity contribution is 6.39. The average molecular weight is 258 g/mol. The van der Waals surface area contributed by atoms with Crippen molar-refractivity contribution in [3.63, 3.8) is 0 Å². The summed E-state index contributed by atoms with van der Waals surface area (Å²) in [6.45, 7) is 0. The number of rotatable bonds is 1. The first kappa shape index (κ1) is 11.0. The van der Waals surface area contributed by atoms with Crippen LogP contribution in [0.2, 0.25) is 10.0 Å². The zero-order valence-corrected chi connectivity index (χ0v) is 9.26. The largest absolute Gasteiger partial charge is 0.478 e. The lowest BCUT2D eigenvalue weighted by Crippen LogP contribution is -2.10. The Morgan fingerprint density at radius 1 is 1.25 bits per heavy atom. The van der Waals surface area contributed by atoms with Crippen LogP contribution < -0.4 is 5.56 Å². The number of aromatic nitrogens is 1. The first-order valence-corrected chi connectivity index (χ1v) is 5.00. The predicted molar refractivity (Wildman–Crippen MR) is 61.5 cm³/mol.